The van der Waals surface area contributed by atoms with E-state index in [1.54, 1.807) is 23.5 Å². The summed E-state index contributed by atoms with van der Waals surface area (Å²) in [5.74, 6) is 0.478. The van der Waals surface area contributed by atoms with Crippen LogP contribution < -0.4 is 0 Å². The number of thiophene rings is 1. The van der Waals surface area contributed by atoms with Gasteiger partial charge in [-0.1, -0.05) is 103 Å². The number of fused-ring (bicyclic) bond motifs is 3. The quantitative estimate of drug-likeness (QED) is 0.201. The Kier molecular flexibility index (Phi) is 6.55. The molecule has 0 N–H and O–H groups in total. The van der Waals surface area contributed by atoms with Crippen LogP contribution >= 0.6 is 11.3 Å². The fraction of sp³-hybridized carbons (Fsp3) is 0. The van der Waals surface area contributed by atoms with E-state index in [1.165, 1.54) is 0 Å². The standard InChI is InChI=1S/C40H25FN2S/c41-33-17-18-34-35-23-29(16-19-38(35)44-39(34)24-33)31-20-30(26-10-4-1-5-11-26)21-32(22-31)37-25-36(27-12-6-2-7-13-27)42-40(43-37)28-14-8-3-9-15-28/h1-25H. The second-order valence-corrected chi connectivity index (χ2v) is 11.9. The Morgan fingerprint density at radius 2 is 0.977 bits per heavy atom. The summed E-state index contributed by atoms with van der Waals surface area (Å²) in [6.07, 6.45) is 0. The first kappa shape index (κ1) is 26.2. The highest BCUT2D eigenvalue weighted by Crippen LogP contribution is 2.39. The molecular formula is C40H25FN2S. The van der Waals surface area contributed by atoms with E-state index in [0.717, 1.165) is 70.5 Å². The zero-order valence-corrected chi connectivity index (χ0v) is 24.4. The summed E-state index contributed by atoms with van der Waals surface area (Å²) in [5, 5.41) is 2.21. The molecule has 0 aliphatic heterocycles. The molecule has 44 heavy (non-hydrogen) atoms. The number of aromatic nitrogens is 2. The molecule has 2 nitrogen and oxygen atoms in total. The number of benzene rings is 6. The first-order chi connectivity index (χ1) is 21.7. The number of hydrogen-bond donors (Lipinski definition) is 0. The lowest BCUT2D eigenvalue weighted by molar-refractivity contribution is 0.630. The van der Waals surface area contributed by atoms with E-state index < -0.39 is 0 Å². The van der Waals surface area contributed by atoms with Crippen LogP contribution in [0.2, 0.25) is 0 Å². The van der Waals surface area contributed by atoms with Crippen molar-refractivity contribution in [3.8, 4) is 56.2 Å². The van der Waals surface area contributed by atoms with E-state index in [4.69, 9.17) is 9.97 Å². The zero-order valence-electron chi connectivity index (χ0n) is 23.6. The monoisotopic (exact) mass is 584 g/mol. The van der Waals surface area contributed by atoms with E-state index in [9.17, 15) is 4.39 Å². The molecular weight excluding hydrogens is 560 g/mol. The highest BCUT2D eigenvalue weighted by atomic mass is 32.1. The highest BCUT2D eigenvalue weighted by Gasteiger charge is 2.14. The average molecular weight is 585 g/mol. The van der Waals surface area contributed by atoms with Gasteiger partial charge in [0.05, 0.1) is 11.4 Å². The van der Waals surface area contributed by atoms with Gasteiger partial charge in [0.25, 0.3) is 0 Å². The van der Waals surface area contributed by atoms with Crippen molar-refractivity contribution in [1.82, 2.24) is 9.97 Å². The summed E-state index contributed by atoms with van der Waals surface area (Å²) in [7, 11) is 0. The number of rotatable bonds is 5. The molecule has 0 amide bonds. The lowest BCUT2D eigenvalue weighted by atomic mass is 9.94. The summed E-state index contributed by atoms with van der Waals surface area (Å²) in [5.41, 5.74) is 9.18. The van der Waals surface area contributed by atoms with Crippen molar-refractivity contribution in [3.05, 3.63) is 157 Å². The smallest absolute Gasteiger partial charge is 0.160 e. The van der Waals surface area contributed by atoms with Gasteiger partial charge in [-0.25, -0.2) is 14.4 Å². The molecule has 0 unspecified atom stereocenters. The molecule has 8 aromatic rings. The summed E-state index contributed by atoms with van der Waals surface area (Å²) in [6, 6.07) is 51.2. The fourth-order valence-corrected chi connectivity index (χ4v) is 6.85. The van der Waals surface area contributed by atoms with Crippen molar-refractivity contribution in [3.63, 3.8) is 0 Å². The van der Waals surface area contributed by atoms with E-state index in [1.807, 2.05) is 60.7 Å². The van der Waals surface area contributed by atoms with Crippen LogP contribution in [0.3, 0.4) is 0 Å². The molecule has 0 atom stereocenters. The van der Waals surface area contributed by atoms with Crippen molar-refractivity contribution in [2.75, 3.05) is 0 Å². The van der Waals surface area contributed by atoms with E-state index in [2.05, 4.69) is 78.9 Å². The summed E-state index contributed by atoms with van der Waals surface area (Å²) >= 11 is 1.62. The molecule has 0 saturated carbocycles. The second-order valence-electron chi connectivity index (χ2n) is 10.8. The molecule has 0 fully saturated rings. The van der Waals surface area contributed by atoms with E-state index >= 15 is 0 Å². The van der Waals surface area contributed by atoms with Gasteiger partial charge in [0.2, 0.25) is 0 Å². The molecule has 4 heteroatoms. The molecule has 0 aliphatic rings. The summed E-state index contributed by atoms with van der Waals surface area (Å²) in [4.78, 5) is 10.1. The van der Waals surface area contributed by atoms with Crippen molar-refractivity contribution in [2.45, 2.75) is 0 Å². The van der Waals surface area contributed by atoms with Gasteiger partial charge in [-0.15, -0.1) is 11.3 Å². The van der Waals surface area contributed by atoms with Crippen LogP contribution in [0.25, 0.3) is 76.3 Å². The molecule has 0 spiro atoms. The molecule has 2 aromatic heterocycles. The fourth-order valence-electron chi connectivity index (χ4n) is 5.74. The van der Waals surface area contributed by atoms with Crippen LogP contribution in [0.5, 0.6) is 0 Å². The first-order valence-corrected chi connectivity index (χ1v) is 15.3. The Morgan fingerprint density at radius 3 is 1.68 bits per heavy atom. The van der Waals surface area contributed by atoms with Crippen LogP contribution in [0, 0.1) is 5.82 Å². The van der Waals surface area contributed by atoms with Crippen molar-refractivity contribution in [2.24, 2.45) is 0 Å². The average Bonchev–Trinajstić information content (AvgIpc) is 3.46. The molecule has 0 bridgehead atoms. The predicted octanol–water partition coefficient (Wildman–Crippen LogP) is 11.3. The normalized spacial score (nSPS) is 11.3. The Bertz CT molecular complexity index is 2220. The molecule has 2 heterocycles. The Hall–Kier alpha value is -5.45. The van der Waals surface area contributed by atoms with Gasteiger partial charge in [0, 0.05) is 36.9 Å². The number of halogens is 1. The number of nitrogens with zero attached hydrogens (tertiary/aromatic N) is 2. The summed E-state index contributed by atoms with van der Waals surface area (Å²) in [6.45, 7) is 0. The third kappa shape index (κ3) is 4.96. The van der Waals surface area contributed by atoms with E-state index in [-0.39, 0.29) is 5.82 Å². The highest BCUT2D eigenvalue weighted by molar-refractivity contribution is 7.25. The first-order valence-electron chi connectivity index (χ1n) is 14.5. The minimum absolute atomic E-state index is 0.209. The van der Waals surface area contributed by atoms with Gasteiger partial charge in [0.15, 0.2) is 5.82 Å². The Labute approximate surface area is 258 Å². The Morgan fingerprint density at radius 1 is 0.386 bits per heavy atom. The molecule has 0 radical (unpaired) electrons. The van der Waals surface area contributed by atoms with Crippen LogP contribution in [0.1, 0.15) is 0 Å². The van der Waals surface area contributed by atoms with Crippen LogP contribution in [0.15, 0.2) is 152 Å². The Balaban J connectivity index is 1.35. The maximum atomic E-state index is 14.0. The SMILES string of the molecule is Fc1ccc2c(c1)sc1ccc(-c3cc(-c4ccccc4)cc(-c4cc(-c5ccccc5)nc(-c5ccccc5)n4)c3)cc12. The van der Waals surface area contributed by atoms with Crippen molar-refractivity contribution in [1.29, 1.82) is 0 Å². The zero-order chi connectivity index (χ0) is 29.5. The lowest BCUT2D eigenvalue weighted by Crippen LogP contribution is -1.96. The van der Waals surface area contributed by atoms with Gasteiger partial charge < -0.3 is 0 Å². The molecule has 6 aromatic carbocycles. The van der Waals surface area contributed by atoms with Crippen molar-refractivity contribution < 1.29 is 4.39 Å². The molecule has 208 valence electrons. The maximum Gasteiger partial charge on any atom is 0.160 e. The van der Waals surface area contributed by atoms with Crippen LogP contribution in [-0.2, 0) is 0 Å². The molecule has 8 rings (SSSR count). The van der Waals surface area contributed by atoms with E-state index in [0.29, 0.717) is 5.82 Å². The van der Waals surface area contributed by atoms with Gasteiger partial charge >= 0.3 is 0 Å². The van der Waals surface area contributed by atoms with Gasteiger partial charge in [-0.05, 0) is 70.8 Å². The largest absolute Gasteiger partial charge is 0.228 e. The maximum absolute atomic E-state index is 14.0. The topological polar surface area (TPSA) is 25.8 Å². The second kappa shape index (κ2) is 11.0. The van der Waals surface area contributed by atoms with Crippen LogP contribution in [-0.4, -0.2) is 9.97 Å². The number of hydrogen-bond acceptors (Lipinski definition) is 3. The van der Waals surface area contributed by atoms with Gasteiger partial charge in [-0.3, -0.25) is 0 Å². The minimum atomic E-state index is -0.209. The molecule has 0 saturated heterocycles. The molecule has 0 aliphatic carbocycles. The van der Waals surface area contributed by atoms with Crippen LogP contribution in [0.4, 0.5) is 4.39 Å². The third-order valence-corrected chi connectivity index (χ3v) is 9.06. The van der Waals surface area contributed by atoms with Gasteiger partial charge in [0.1, 0.15) is 5.82 Å². The summed E-state index contributed by atoms with van der Waals surface area (Å²) < 4.78 is 16.1. The predicted molar refractivity (Wildman–Crippen MR) is 182 cm³/mol. The van der Waals surface area contributed by atoms with Crippen molar-refractivity contribution >= 4 is 31.5 Å². The lowest BCUT2D eigenvalue weighted by Gasteiger charge is -2.13. The van der Waals surface area contributed by atoms with Gasteiger partial charge in [-0.2, -0.15) is 0 Å². The minimum Gasteiger partial charge on any atom is -0.228 e. The third-order valence-electron chi connectivity index (χ3n) is 7.93.